The second kappa shape index (κ2) is 8.24. The smallest absolute Gasteiger partial charge is 0.297 e. The average Bonchev–Trinajstić information content (AvgIpc) is 2.52. The van der Waals surface area contributed by atoms with Gasteiger partial charge in [-0.1, -0.05) is 48.0 Å². The van der Waals surface area contributed by atoms with Crippen molar-refractivity contribution in [1.29, 1.82) is 0 Å². The summed E-state index contributed by atoms with van der Waals surface area (Å²) in [5.41, 5.74) is 2.10. The molecule has 0 aliphatic rings. The van der Waals surface area contributed by atoms with Gasteiger partial charge in [-0.2, -0.15) is 8.42 Å². The highest BCUT2D eigenvalue weighted by Crippen LogP contribution is 2.16. The standard InChI is InChI=1S/C18H22O4S/c1-15-8-10-18(11-9-15)23(19,20)22-16(2)12-13-21-14-17-6-4-3-5-7-17/h3-11,16H,12-14H2,1-2H3. The minimum absolute atomic E-state index is 0.181. The molecule has 0 fully saturated rings. The fourth-order valence-corrected chi connectivity index (χ4v) is 3.15. The van der Waals surface area contributed by atoms with Gasteiger partial charge in [-0.15, -0.1) is 0 Å². The Bertz CT molecular complexity index is 694. The van der Waals surface area contributed by atoms with Gasteiger partial charge in [-0.25, -0.2) is 0 Å². The maximum atomic E-state index is 12.1. The van der Waals surface area contributed by atoms with Gasteiger partial charge in [-0.05, 0) is 38.0 Å². The molecule has 23 heavy (non-hydrogen) atoms. The third-order valence-electron chi connectivity index (χ3n) is 3.38. The Morgan fingerprint density at radius 2 is 1.65 bits per heavy atom. The SMILES string of the molecule is Cc1ccc(S(=O)(=O)OC(C)CCOCc2ccccc2)cc1. The Morgan fingerprint density at radius 3 is 2.30 bits per heavy atom. The van der Waals surface area contributed by atoms with E-state index < -0.39 is 16.2 Å². The molecule has 1 unspecified atom stereocenters. The van der Waals surface area contributed by atoms with E-state index in [4.69, 9.17) is 8.92 Å². The van der Waals surface area contributed by atoms with Crippen LogP contribution in [-0.2, 0) is 25.6 Å². The molecule has 4 nitrogen and oxygen atoms in total. The van der Waals surface area contributed by atoms with Gasteiger partial charge in [0.25, 0.3) is 10.1 Å². The summed E-state index contributed by atoms with van der Waals surface area (Å²) in [6, 6.07) is 16.5. The largest absolute Gasteiger partial charge is 0.377 e. The summed E-state index contributed by atoms with van der Waals surface area (Å²) in [6.45, 7) is 4.60. The number of rotatable bonds is 8. The molecule has 0 saturated heterocycles. The van der Waals surface area contributed by atoms with E-state index in [2.05, 4.69) is 0 Å². The first-order valence-electron chi connectivity index (χ1n) is 7.59. The Hall–Kier alpha value is -1.69. The summed E-state index contributed by atoms with van der Waals surface area (Å²) >= 11 is 0. The minimum Gasteiger partial charge on any atom is -0.377 e. The van der Waals surface area contributed by atoms with Crippen molar-refractivity contribution in [3.05, 3.63) is 65.7 Å². The summed E-state index contributed by atoms with van der Waals surface area (Å²) in [5, 5.41) is 0. The lowest BCUT2D eigenvalue weighted by atomic mass is 10.2. The summed E-state index contributed by atoms with van der Waals surface area (Å²) in [7, 11) is -3.72. The van der Waals surface area contributed by atoms with Crippen LogP contribution in [0.25, 0.3) is 0 Å². The van der Waals surface area contributed by atoms with Crippen LogP contribution in [0.1, 0.15) is 24.5 Å². The van der Waals surface area contributed by atoms with Crippen molar-refractivity contribution in [2.24, 2.45) is 0 Å². The lowest BCUT2D eigenvalue weighted by Crippen LogP contribution is -2.17. The van der Waals surface area contributed by atoms with Crippen molar-refractivity contribution in [3.63, 3.8) is 0 Å². The second-order valence-corrected chi connectivity index (χ2v) is 7.07. The van der Waals surface area contributed by atoms with Gasteiger partial charge in [0.1, 0.15) is 0 Å². The lowest BCUT2D eigenvalue weighted by Gasteiger charge is -2.13. The van der Waals surface area contributed by atoms with E-state index in [1.807, 2.05) is 37.3 Å². The molecule has 5 heteroatoms. The molecular formula is C18H22O4S. The molecule has 0 aliphatic carbocycles. The van der Waals surface area contributed by atoms with Crippen LogP contribution in [-0.4, -0.2) is 21.1 Å². The molecule has 0 saturated carbocycles. The normalized spacial score (nSPS) is 13.0. The van der Waals surface area contributed by atoms with E-state index in [0.29, 0.717) is 19.6 Å². The average molecular weight is 334 g/mol. The molecule has 0 radical (unpaired) electrons. The van der Waals surface area contributed by atoms with Crippen LogP contribution in [0.5, 0.6) is 0 Å². The molecule has 0 heterocycles. The maximum absolute atomic E-state index is 12.1. The molecule has 0 amide bonds. The highest BCUT2D eigenvalue weighted by atomic mass is 32.2. The van der Waals surface area contributed by atoms with Crippen molar-refractivity contribution >= 4 is 10.1 Å². The van der Waals surface area contributed by atoms with Crippen LogP contribution in [0, 0.1) is 6.92 Å². The fraction of sp³-hybridized carbons (Fsp3) is 0.333. The van der Waals surface area contributed by atoms with Gasteiger partial charge in [0.2, 0.25) is 0 Å². The van der Waals surface area contributed by atoms with E-state index in [-0.39, 0.29) is 4.90 Å². The van der Waals surface area contributed by atoms with E-state index in [9.17, 15) is 8.42 Å². The first-order valence-corrected chi connectivity index (χ1v) is 9.00. The predicted molar refractivity (Wildman–Crippen MR) is 89.6 cm³/mol. The summed E-state index contributed by atoms with van der Waals surface area (Å²) in [4.78, 5) is 0.181. The van der Waals surface area contributed by atoms with Crippen molar-refractivity contribution in [2.75, 3.05) is 6.61 Å². The number of aryl methyl sites for hydroxylation is 1. The van der Waals surface area contributed by atoms with E-state index in [1.165, 1.54) is 0 Å². The maximum Gasteiger partial charge on any atom is 0.297 e. The highest BCUT2D eigenvalue weighted by Gasteiger charge is 2.18. The van der Waals surface area contributed by atoms with E-state index >= 15 is 0 Å². The molecule has 2 aromatic rings. The summed E-state index contributed by atoms with van der Waals surface area (Å²) in [6.07, 6.45) is 0.0786. The van der Waals surface area contributed by atoms with E-state index in [0.717, 1.165) is 11.1 Å². The van der Waals surface area contributed by atoms with Crippen molar-refractivity contribution < 1.29 is 17.3 Å². The van der Waals surface area contributed by atoms with Gasteiger partial charge in [0.05, 0.1) is 17.6 Å². The topological polar surface area (TPSA) is 52.6 Å². The molecular weight excluding hydrogens is 312 g/mol. The summed E-state index contributed by atoms with van der Waals surface area (Å²) in [5.74, 6) is 0. The first-order chi connectivity index (χ1) is 11.0. The Balaban J connectivity index is 1.77. The molecule has 0 spiro atoms. The third-order valence-corrected chi connectivity index (χ3v) is 4.81. The molecule has 2 rings (SSSR count). The number of hydrogen-bond acceptors (Lipinski definition) is 4. The molecule has 0 aromatic heterocycles. The molecule has 0 aliphatic heterocycles. The summed E-state index contributed by atoms with van der Waals surface area (Å²) < 4.78 is 35.0. The van der Waals surface area contributed by atoms with Crippen LogP contribution in [0.2, 0.25) is 0 Å². The van der Waals surface area contributed by atoms with Crippen molar-refractivity contribution in [1.82, 2.24) is 0 Å². The molecule has 0 N–H and O–H groups in total. The van der Waals surface area contributed by atoms with Crippen LogP contribution < -0.4 is 0 Å². The number of ether oxygens (including phenoxy) is 1. The Kier molecular flexibility index (Phi) is 6.33. The number of hydrogen-bond donors (Lipinski definition) is 0. The quantitative estimate of drug-likeness (QED) is 0.546. The van der Waals surface area contributed by atoms with Crippen LogP contribution in [0.4, 0.5) is 0 Å². The molecule has 124 valence electrons. The monoisotopic (exact) mass is 334 g/mol. The van der Waals surface area contributed by atoms with Crippen LogP contribution in [0.15, 0.2) is 59.5 Å². The minimum atomic E-state index is -3.72. The predicted octanol–water partition coefficient (Wildman–Crippen LogP) is 3.70. The highest BCUT2D eigenvalue weighted by molar-refractivity contribution is 7.86. The van der Waals surface area contributed by atoms with Crippen molar-refractivity contribution in [2.45, 2.75) is 37.9 Å². The van der Waals surface area contributed by atoms with E-state index in [1.54, 1.807) is 31.2 Å². The molecule has 0 bridgehead atoms. The fourth-order valence-electron chi connectivity index (χ4n) is 2.04. The third kappa shape index (κ3) is 5.78. The van der Waals surface area contributed by atoms with Gasteiger partial charge >= 0.3 is 0 Å². The van der Waals surface area contributed by atoms with Crippen molar-refractivity contribution in [3.8, 4) is 0 Å². The zero-order valence-electron chi connectivity index (χ0n) is 13.4. The Labute approximate surface area is 138 Å². The van der Waals surface area contributed by atoms with Gasteiger partial charge in [0, 0.05) is 6.61 Å². The number of benzene rings is 2. The lowest BCUT2D eigenvalue weighted by molar-refractivity contribution is 0.0896. The van der Waals surface area contributed by atoms with Gasteiger partial charge < -0.3 is 4.74 Å². The zero-order chi connectivity index (χ0) is 16.7. The first kappa shape index (κ1) is 17.7. The Morgan fingerprint density at radius 1 is 1.00 bits per heavy atom. The van der Waals surface area contributed by atoms with Gasteiger partial charge in [-0.3, -0.25) is 4.18 Å². The van der Waals surface area contributed by atoms with Crippen LogP contribution >= 0.6 is 0 Å². The molecule has 1 atom stereocenters. The van der Waals surface area contributed by atoms with Gasteiger partial charge in [0.15, 0.2) is 0 Å². The molecule has 2 aromatic carbocycles. The zero-order valence-corrected chi connectivity index (χ0v) is 14.3. The second-order valence-electron chi connectivity index (χ2n) is 5.50. The van der Waals surface area contributed by atoms with Crippen LogP contribution in [0.3, 0.4) is 0 Å².